The van der Waals surface area contributed by atoms with Gasteiger partial charge in [-0.15, -0.1) is 0 Å². The van der Waals surface area contributed by atoms with Crippen molar-refractivity contribution < 1.29 is 24.5 Å². The van der Waals surface area contributed by atoms with E-state index in [4.69, 9.17) is 14.6 Å². The third kappa shape index (κ3) is 3.24. The van der Waals surface area contributed by atoms with E-state index in [-0.39, 0.29) is 19.8 Å². The first-order valence-corrected chi connectivity index (χ1v) is 8.08. The minimum absolute atomic E-state index is 0.0254. The standard InChI is InChI=1S/C19H21NO5/c1-24-18(22)13-6-7-15-14(10-13)11-25-17-5-3-2-4-16(17)19(15,23)12-20-8-9-21/h2-7,10,20-21,23H,8-9,11-12H2,1H3. The summed E-state index contributed by atoms with van der Waals surface area (Å²) in [6, 6.07) is 12.4. The largest absolute Gasteiger partial charge is 0.488 e. The number of fused-ring (bicyclic) bond motifs is 2. The predicted octanol–water partition coefficient (Wildman–Crippen LogP) is 1.18. The summed E-state index contributed by atoms with van der Waals surface area (Å²) in [5.74, 6) is 0.151. The molecular formula is C19H21NO5. The second-order valence-corrected chi connectivity index (χ2v) is 5.91. The van der Waals surface area contributed by atoms with Crippen LogP contribution in [0.5, 0.6) is 5.75 Å². The van der Waals surface area contributed by atoms with Crippen LogP contribution in [-0.4, -0.2) is 43.0 Å². The van der Waals surface area contributed by atoms with Crippen molar-refractivity contribution in [2.45, 2.75) is 12.2 Å². The number of para-hydroxylation sites is 1. The van der Waals surface area contributed by atoms with Gasteiger partial charge in [-0.25, -0.2) is 4.79 Å². The van der Waals surface area contributed by atoms with Gasteiger partial charge in [-0.2, -0.15) is 0 Å². The van der Waals surface area contributed by atoms with Crippen molar-refractivity contribution in [2.75, 3.05) is 26.8 Å². The van der Waals surface area contributed by atoms with Crippen molar-refractivity contribution in [3.05, 3.63) is 64.7 Å². The lowest BCUT2D eigenvalue weighted by Crippen LogP contribution is -2.40. The minimum atomic E-state index is -1.34. The summed E-state index contributed by atoms with van der Waals surface area (Å²) in [7, 11) is 1.33. The molecule has 0 aromatic heterocycles. The first-order chi connectivity index (χ1) is 12.1. The van der Waals surface area contributed by atoms with Crippen molar-refractivity contribution in [1.29, 1.82) is 0 Å². The normalized spacial score (nSPS) is 18.5. The molecule has 1 atom stereocenters. The highest BCUT2D eigenvalue weighted by Crippen LogP contribution is 2.40. The number of benzene rings is 2. The van der Waals surface area contributed by atoms with E-state index < -0.39 is 11.6 Å². The van der Waals surface area contributed by atoms with Gasteiger partial charge in [-0.05, 0) is 29.3 Å². The molecule has 1 aliphatic heterocycles. The van der Waals surface area contributed by atoms with E-state index in [2.05, 4.69) is 5.32 Å². The molecule has 0 saturated heterocycles. The van der Waals surface area contributed by atoms with Crippen LogP contribution in [0, 0.1) is 0 Å². The maximum absolute atomic E-state index is 11.8. The monoisotopic (exact) mass is 343 g/mol. The Morgan fingerprint density at radius 3 is 2.84 bits per heavy atom. The third-order valence-corrected chi connectivity index (χ3v) is 4.36. The van der Waals surface area contributed by atoms with E-state index in [1.165, 1.54) is 7.11 Å². The fourth-order valence-electron chi connectivity index (χ4n) is 3.13. The van der Waals surface area contributed by atoms with E-state index in [1.54, 1.807) is 24.3 Å². The molecule has 0 radical (unpaired) electrons. The number of hydrogen-bond donors (Lipinski definition) is 3. The van der Waals surface area contributed by atoms with Crippen LogP contribution >= 0.6 is 0 Å². The van der Waals surface area contributed by atoms with E-state index in [9.17, 15) is 9.90 Å². The summed E-state index contributed by atoms with van der Waals surface area (Å²) in [6.45, 7) is 0.779. The maximum Gasteiger partial charge on any atom is 0.337 e. The molecule has 6 heteroatoms. The van der Waals surface area contributed by atoms with Crippen molar-refractivity contribution >= 4 is 5.97 Å². The molecule has 0 amide bonds. The number of ether oxygens (including phenoxy) is 2. The molecule has 6 nitrogen and oxygen atoms in total. The lowest BCUT2D eigenvalue weighted by Gasteiger charge is -2.30. The summed E-state index contributed by atoms with van der Waals surface area (Å²) in [6.07, 6.45) is 0. The lowest BCUT2D eigenvalue weighted by atomic mass is 9.83. The predicted molar refractivity (Wildman–Crippen MR) is 91.5 cm³/mol. The van der Waals surface area contributed by atoms with Crippen molar-refractivity contribution in [3.8, 4) is 5.75 Å². The minimum Gasteiger partial charge on any atom is -0.488 e. The van der Waals surface area contributed by atoms with Crippen molar-refractivity contribution in [3.63, 3.8) is 0 Å². The average Bonchev–Trinajstić information content (AvgIpc) is 2.77. The van der Waals surface area contributed by atoms with Gasteiger partial charge in [0.2, 0.25) is 0 Å². The Bertz CT molecular complexity index is 776. The fraction of sp³-hybridized carbons (Fsp3) is 0.316. The number of aliphatic hydroxyl groups excluding tert-OH is 1. The molecule has 25 heavy (non-hydrogen) atoms. The Hall–Kier alpha value is -2.41. The zero-order valence-electron chi connectivity index (χ0n) is 14.0. The smallest absolute Gasteiger partial charge is 0.337 e. The number of hydrogen-bond acceptors (Lipinski definition) is 6. The summed E-state index contributed by atoms with van der Waals surface area (Å²) < 4.78 is 10.6. The molecule has 0 fully saturated rings. The van der Waals surface area contributed by atoms with Gasteiger partial charge in [-0.3, -0.25) is 0 Å². The second kappa shape index (κ2) is 7.23. The Morgan fingerprint density at radius 2 is 2.08 bits per heavy atom. The molecule has 2 aromatic rings. The molecule has 3 N–H and O–H groups in total. The average molecular weight is 343 g/mol. The topological polar surface area (TPSA) is 88.0 Å². The van der Waals surface area contributed by atoms with Crippen LogP contribution in [0.4, 0.5) is 0 Å². The van der Waals surface area contributed by atoms with E-state index >= 15 is 0 Å². The number of carbonyl (C=O) groups excluding carboxylic acids is 1. The molecule has 2 aromatic carbocycles. The molecule has 3 rings (SSSR count). The van der Waals surface area contributed by atoms with E-state index in [1.807, 2.05) is 18.2 Å². The molecular weight excluding hydrogens is 322 g/mol. The van der Waals surface area contributed by atoms with Crippen LogP contribution in [0.2, 0.25) is 0 Å². The molecule has 0 saturated carbocycles. The quantitative estimate of drug-likeness (QED) is 0.558. The number of rotatable bonds is 5. The SMILES string of the molecule is COC(=O)c1ccc2c(c1)COc1ccccc1C2(O)CNCCO. The van der Waals surface area contributed by atoms with Gasteiger partial charge in [0.1, 0.15) is 18.0 Å². The van der Waals surface area contributed by atoms with Crippen molar-refractivity contribution in [2.24, 2.45) is 0 Å². The highest BCUT2D eigenvalue weighted by Gasteiger charge is 2.38. The van der Waals surface area contributed by atoms with Crippen LogP contribution in [0.3, 0.4) is 0 Å². The molecule has 1 unspecified atom stereocenters. The highest BCUT2D eigenvalue weighted by molar-refractivity contribution is 5.89. The van der Waals surface area contributed by atoms with Gasteiger partial charge >= 0.3 is 5.97 Å². The van der Waals surface area contributed by atoms with Gasteiger partial charge in [0.05, 0.1) is 19.3 Å². The summed E-state index contributed by atoms with van der Waals surface area (Å²) in [5, 5.41) is 23.6. The molecule has 0 aliphatic carbocycles. The summed E-state index contributed by atoms with van der Waals surface area (Å²) in [5.41, 5.74) is 1.08. The highest BCUT2D eigenvalue weighted by atomic mass is 16.5. The van der Waals surface area contributed by atoms with E-state index in [0.717, 1.165) is 0 Å². The molecule has 1 aliphatic rings. The first kappa shape index (κ1) is 17.4. The Morgan fingerprint density at radius 1 is 1.28 bits per heavy atom. The number of esters is 1. The van der Waals surface area contributed by atoms with Gasteiger partial charge in [0.15, 0.2) is 0 Å². The van der Waals surface area contributed by atoms with E-state index in [0.29, 0.717) is 34.5 Å². The third-order valence-electron chi connectivity index (χ3n) is 4.36. The Labute approximate surface area is 146 Å². The van der Waals surface area contributed by atoms with Crippen LogP contribution in [0.15, 0.2) is 42.5 Å². The van der Waals surface area contributed by atoms with Gasteiger partial charge in [0, 0.05) is 18.7 Å². The zero-order valence-corrected chi connectivity index (χ0v) is 14.0. The van der Waals surface area contributed by atoms with Gasteiger partial charge < -0.3 is 25.0 Å². The van der Waals surface area contributed by atoms with Gasteiger partial charge in [-0.1, -0.05) is 24.3 Å². The molecule has 1 heterocycles. The van der Waals surface area contributed by atoms with Crippen LogP contribution in [0.25, 0.3) is 0 Å². The maximum atomic E-state index is 11.8. The zero-order chi connectivity index (χ0) is 17.9. The van der Waals surface area contributed by atoms with Crippen LogP contribution in [0.1, 0.15) is 27.0 Å². The number of carbonyl (C=O) groups is 1. The summed E-state index contributed by atoms with van der Waals surface area (Å²) in [4.78, 5) is 11.8. The number of methoxy groups -OCH3 is 1. The lowest BCUT2D eigenvalue weighted by molar-refractivity contribution is 0.0598. The summed E-state index contributed by atoms with van der Waals surface area (Å²) >= 11 is 0. The Kier molecular flexibility index (Phi) is 5.03. The second-order valence-electron chi connectivity index (χ2n) is 5.91. The Balaban J connectivity index is 2.10. The molecule has 132 valence electrons. The van der Waals surface area contributed by atoms with Crippen molar-refractivity contribution in [1.82, 2.24) is 5.32 Å². The van der Waals surface area contributed by atoms with Gasteiger partial charge in [0.25, 0.3) is 0 Å². The first-order valence-electron chi connectivity index (χ1n) is 8.08. The number of aliphatic hydroxyl groups is 2. The number of nitrogens with one attached hydrogen (secondary N) is 1. The van der Waals surface area contributed by atoms with Crippen LogP contribution in [-0.2, 0) is 16.9 Å². The van der Waals surface area contributed by atoms with Crippen LogP contribution < -0.4 is 10.1 Å². The molecule has 0 spiro atoms. The molecule has 0 bridgehead atoms. The fourth-order valence-corrected chi connectivity index (χ4v) is 3.13.